The van der Waals surface area contributed by atoms with Crippen molar-refractivity contribution in [2.24, 2.45) is 0 Å². The molecular weight excluding hydrogens is 332 g/mol. The van der Waals surface area contributed by atoms with E-state index in [2.05, 4.69) is 39.0 Å². The Morgan fingerprint density at radius 3 is 2.67 bits per heavy atom. The van der Waals surface area contributed by atoms with E-state index < -0.39 is 0 Å². The van der Waals surface area contributed by atoms with E-state index in [9.17, 15) is 10.1 Å². The van der Waals surface area contributed by atoms with E-state index in [4.69, 9.17) is 0 Å². The molecule has 0 saturated heterocycles. The lowest BCUT2D eigenvalue weighted by atomic mass is 10.0. The number of fused-ring (bicyclic) bond motifs is 1. The van der Waals surface area contributed by atoms with Gasteiger partial charge in [-0.15, -0.1) is 0 Å². The first kappa shape index (κ1) is 14.1. The van der Waals surface area contributed by atoms with Gasteiger partial charge in [0.15, 0.2) is 0 Å². The second kappa shape index (κ2) is 5.85. The number of nitro benzene ring substituents is 1. The maximum atomic E-state index is 11.3. The number of nitrogens with zero attached hydrogens (tertiary/aromatic N) is 2. The third-order valence-electron chi connectivity index (χ3n) is 3.83. The zero-order valence-electron chi connectivity index (χ0n) is 11.5. The molecule has 0 radical (unpaired) electrons. The summed E-state index contributed by atoms with van der Waals surface area (Å²) in [5.74, 6) is 0. The molecule has 0 saturated carbocycles. The van der Waals surface area contributed by atoms with Crippen LogP contribution in [0.4, 0.5) is 11.4 Å². The second-order valence-corrected chi connectivity index (χ2v) is 6.10. The van der Waals surface area contributed by atoms with Gasteiger partial charge < -0.3 is 4.90 Å². The van der Waals surface area contributed by atoms with Crippen molar-refractivity contribution in [2.75, 3.05) is 11.4 Å². The van der Waals surface area contributed by atoms with Gasteiger partial charge in [-0.1, -0.05) is 40.2 Å². The largest absolute Gasteiger partial charge is 0.362 e. The van der Waals surface area contributed by atoms with Gasteiger partial charge >= 0.3 is 0 Å². The van der Waals surface area contributed by atoms with Gasteiger partial charge in [-0.3, -0.25) is 10.1 Å². The highest BCUT2D eigenvalue weighted by Crippen LogP contribution is 2.33. The molecule has 108 valence electrons. The van der Waals surface area contributed by atoms with Crippen molar-refractivity contribution in [3.63, 3.8) is 0 Å². The quantitative estimate of drug-likeness (QED) is 0.601. The van der Waals surface area contributed by atoms with Gasteiger partial charge in [-0.25, -0.2) is 0 Å². The summed E-state index contributed by atoms with van der Waals surface area (Å²) < 4.78 is 0.730. The summed E-state index contributed by atoms with van der Waals surface area (Å²) in [5.41, 5.74) is 3.45. The molecule has 2 aromatic carbocycles. The lowest BCUT2D eigenvalue weighted by Crippen LogP contribution is -2.23. The van der Waals surface area contributed by atoms with E-state index in [1.165, 1.54) is 11.1 Å². The monoisotopic (exact) mass is 346 g/mol. The van der Waals surface area contributed by atoms with Crippen molar-refractivity contribution >= 4 is 27.3 Å². The highest BCUT2D eigenvalue weighted by atomic mass is 79.9. The smallest absolute Gasteiger partial charge is 0.293 e. The summed E-state index contributed by atoms with van der Waals surface area (Å²) in [6, 6.07) is 13.6. The van der Waals surface area contributed by atoms with Gasteiger partial charge in [0.1, 0.15) is 5.69 Å². The molecule has 5 heteroatoms. The molecule has 0 N–H and O–H groups in total. The first-order valence-corrected chi connectivity index (χ1v) is 7.70. The number of halogens is 1. The van der Waals surface area contributed by atoms with Crippen LogP contribution in [0.3, 0.4) is 0 Å². The predicted octanol–water partition coefficient (Wildman–Crippen LogP) is 4.31. The number of aryl methyl sites for hydroxylation is 1. The Morgan fingerprint density at radius 1 is 1.14 bits per heavy atom. The Morgan fingerprint density at radius 2 is 1.90 bits per heavy atom. The summed E-state index contributed by atoms with van der Waals surface area (Å²) in [6.45, 7) is 1.55. The minimum atomic E-state index is -0.309. The maximum Gasteiger partial charge on any atom is 0.293 e. The minimum absolute atomic E-state index is 0.156. The number of nitro groups is 1. The molecule has 1 aliphatic heterocycles. The summed E-state index contributed by atoms with van der Waals surface area (Å²) in [7, 11) is 0. The molecular formula is C16H15BrN2O2. The van der Waals surface area contributed by atoms with Crippen molar-refractivity contribution in [1.29, 1.82) is 0 Å². The molecule has 0 spiro atoms. The zero-order valence-corrected chi connectivity index (χ0v) is 13.0. The fourth-order valence-electron chi connectivity index (χ4n) is 2.82. The Kier molecular flexibility index (Phi) is 3.92. The summed E-state index contributed by atoms with van der Waals surface area (Å²) in [6.07, 6.45) is 2.03. The Bertz CT molecular complexity index is 688. The lowest BCUT2D eigenvalue weighted by Gasteiger charge is -2.23. The van der Waals surface area contributed by atoms with Crippen LogP contribution < -0.4 is 4.90 Å². The van der Waals surface area contributed by atoms with E-state index >= 15 is 0 Å². The summed E-state index contributed by atoms with van der Waals surface area (Å²) >= 11 is 3.31. The summed E-state index contributed by atoms with van der Waals surface area (Å²) in [5, 5.41) is 11.3. The van der Waals surface area contributed by atoms with Crippen LogP contribution in [0.25, 0.3) is 0 Å². The minimum Gasteiger partial charge on any atom is -0.362 e. The second-order valence-electron chi connectivity index (χ2n) is 5.18. The number of rotatable bonds is 2. The molecule has 0 amide bonds. The summed E-state index contributed by atoms with van der Waals surface area (Å²) in [4.78, 5) is 13.1. The Balaban J connectivity index is 2.00. The number of hydrogen-bond donors (Lipinski definition) is 0. The molecule has 0 fully saturated rings. The van der Waals surface area contributed by atoms with E-state index in [-0.39, 0.29) is 10.6 Å². The van der Waals surface area contributed by atoms with E-state index in [0.29, 0.717) is 5.69 Å². The number of anilines is 1. The van der Waals surface area contributed by atoms with Crippen LogP contribution in [-0.2, 0) is 13.0 Å². The standard InChI is InChI=1S/C16H15BrN2O2/c17-14-7-8-15(16(10-14)19(20)21)18-9-3-6-12-4-1-2-5-13(12)11-18/h1-2,4-5,7-8,10H,3,6,9,11H2. The van der Waals surface area contributed by atoms with Crippen LogP contribution in [0.1, 0.15) is 17.5 Å². The van der Waals surface area contributed by atoms with Gasteiger partial charge in [-0.05, 0) is 36.1 Å². The fraction of sp³-hybridized carbons (Fsp3) is 0.250. The first-order valence-electron chi connectivity index (χ1n) is 6.91. The van der Waals surface area contributed by atoms with E-state index in [1.807, 2.05) is 18.2 Å². The molecule has 2 aromatic rings. The van der Waals surface area contributed by atoms with Crippen molar-refractivity contribution in [1.82, 2.24) is 0 Å². The molecule has 0 unspecified atom stereocenters. The van der Waals surface area contributed by atoms with Crippen LogP contribution in [0.15, 0.2) is 46.9 Å². The normalized spacial score (nSPS) is 14.4. The first-order chi connectivity index (χ1) is 10.1. The van der Waals surface area contributed by atoms with Gasteiger partial charge in [-0.2, -0.15) is 0 Å². The molecule has 0 aromatic heterocycles. The van der Waals surface area contributed by atoms with Gasteiger partial charge in [0.05, 0.1) is 4.92 Å². The van der Waals surface area contributed by atoms with Crippen LogP contribution in [0.5, 0.6) is 0 Å². The van der Waals surface area contributed by atoms with Crippen LogP contribution in [0.2, 0.25) is 0 Å². The SMILES string of the molecule is O=[N+]([O-])c1cc(Br)ccc1N1CCCc2ccccc2C1. The van der Waals surface area contributed by atoms with Crippen molar-refractivity contribution < 1.29 is 4.92 Å². The Labute approximate surface area is 131 Å². The Hall–Kier alpha value is -1.88. The van der Waals surface area contributed by atoms with E-state index in [1.54, 1.807) is 6.07 Å². The molecule has 1 heterocycles. The lowest BCUT2D eigenvalue weighted by molar-refractivity contribution is -0.384. The number of benzene rings is 2. The van der Waals surface area contributed by atoms with Gasteiger partial charge in [0.25, 0.3) is 5.69 Å². The van der Waals surface area contributed by atoms with Crippen LogP contribution in [-0.4, -0.2) is 11.5 Å². The predicted molar refractivity (Wildman–Crippen MR) is 86.6 cm³/mol. The highest BCUT2D eigenvalue weighted by molar-refractivity contribution is 9.10. The third kappa shape index (κ3) is 2.93. The van der Waals surface area contributed by atoms with Crippen molar-refractivity contribution in [2.45, 2.75) is 19.4 Å². The van der Waals surface area contributed by atoms with E-state index in [0.717, 1.165) is 30.4 Å². The van der Waals surface area contributed by atoms with Crippen LogP contribution >= 0.6 is 15.9 Å². The average molecular weight is 347 g/mol. The average Bonchev–Trinajstić information content (AvgIpc) is 2.69. The van der Waals surface area contributed by atoms with Crippen molar-refractivity contribution in [3.8, 4) is 0 Å². The molecule has 21 heavy (non-hydrogen) atoms. The molecule has 1 aliphatic rings. The maximum absolute atomic E-state index is 11.3. The number of hydrogen-bond acceptors (Lipinski definition) is 3. The fourth-order valence-corrected chi connectivity index (χ4v) is 3.17. The zero-order chi connectivity index (χ0) is 14.8. The van der Waals surface area contributed by atoms with Gasteiger partial charge in [0.2, 0.25) is 0 Å². The van der Waals surface area contributed by atoms with Crippen molar-refractivity contribution in [3.05, 3.63) is 68.2 Å². The topological polar surface area (TPSA) is 46.4 Å². The highest BCUT2D eigenvalue weighted by Gasteiger charge is 2.22. The van der Waals surface area contributed by atoms with Crippen LogP contribution in [0, 0.1) is 10.1 Å². The van der Waals surface area contributed by atoms with Gasteiger partial charge in [0, 0.05) is 23.6 Å². The third-order valence-corrected chi connectivity index (χ3v) is 4.32. The molecule has 0 bridgehead atoms. The molecule has 0 aliphatic carbocycles. The molecule has 3 rings (SSSR count). The molecule has 4 nitrogen and oxygen atoms in total. The molecule has 0 atom stereocenters.